The standard InChI is InChI=1S/C10H12BrN3O/c1-12-5-4-8-13-10(11)9-7(15)3-2-6-14(8)9/h2-3,6,12,15H,4-5H2,1H3. The zero-order valence-electron chi connectivity index (χ0n) is 8.37. The predicted octanol–water partition coefficient (Wildman–Crippen LogP) is 1.56. The fourth-order valence-electron chi connectivity index (χ4n) is 1.55. The molecule has 0 saturated carbocycles. The summed E-state index contributed by atoms with van der Waals surface area (Å²) < 4.78 is 2.59. The number of aromatic nitrogens is 2. The number of pyridine rings is 1. The Hall–Kier alpha value is -1.07. The van der Waals surface area contributed by atoms with Crippen molar-refractivity contribution in [1.82, 2.24) is 14.7 Å². The van der Waals surface area contributed by atoms with Gasteiger partial charge in [0.05, 0.1) is 0 Å². The van der Waals surface area contributed by atoms with E-state index in [9.17, 15) is 5.11 Å². The lowest BCUT2D eigenvalue weighted by Gasteiger charge is -2.01. The molecule has 2 aromatic rings. The molecule has 5 heteroatoms. The van der Waals surface area contributed by atoms with Crippen molar-refractivity contribution < 1.29 is 5.11 Å². The molecule has 2 aromatic heterocycles. The maximum Gasteiger partial charge on any atom is 0.142 e. The van der Waals surface area contributed by atoms with Gasteiger partial charge in [-0.2, -0.15) is 0 Å². The quantitative estimate of drug-likeness (QED) is 0.890. The van der Waals surface area contributed by atoms with Gasteiger partial charge < -0.3 is 10.4 Å². The van der Waals surface area contributed by atoms with Crippen molar-refractivity contribution in [3.05, 3.63) is 28.8 Å². The number of halogens is 1. The van der Waals surface area contributed by atoms with E-state index in [4.69, 9.17) is 0 Å². The number of aromatic hydroxyl groups is 1. The molecule has 0 aromatic carbocycles. The van der Waals surface area contributed by atoms with Crippen molar-refractivity contribution >= 4 is 21.4 Å². The lowest BCUT2D eigenvalue weighted by Crippen LogP contribution is -2.12. The number of nitrogens with zero attached hydrogens (tertiary/aromatic N) is 2. The largest absolute Gasteiger partial charge is 0.506 e. The summed E-state index contributed by atoms with van der Waals surface area (Å²) in [6.45, 7) is 0.862. The Morgan fingerprint density at radius 3 is 3.13 bits per heavy atom. The minimum Gasteiger partial charge on any atom is -0.506 e. The van der Waals surface area contributed by atoms with Crippen LogP contribution in [-0.4, -0.2) is 28.1 Å². The van der Waals surface area contributed by atoms with E-state index in [2.05, 4.69) is 26.2 Å². The van der Waals surface area contributed by atoms with Crippen LogP contribution in [0.2, 0.25) is 0 Å². The molecule has 0 unspecified atom stereocenters. The first-order valence-corrected chi connectivity index (χ1v) is 5.52. The normalized spacial score (nSPS) is 11.1. The highest BCUT2D eigenvalue weighted by molar-refractivity contribution is 9.10. The van der Waals surface area contributed by atoms with Crippen LogP contribution in [0.15, 0.2) is 22.9 Å². The summed E-state index contributed by atoms with van der Waals surface area (Å²) in [4.78, 5) is 4.37. The number of likely N-dealkylation sites (N-methyl/N-ethyl adjacent to an activating group) is 1. The second-order valence-electron chi connectivity index (χ2n) is 3.28. The second-order valence-corrected chi connectivity index (χ2v) is 4.04. The maximum absolute atomic E-state index is 9.68. The van der Waals surface area contributed by atoms with Crippen LogP contribution < -0.4 is 5.32 Å². The summed E-state index contributed by atoms with van der Waals surface area (Å²) in [7, 11) is 1.91. The van der Waals surface area contributed by atoms with E-state index >= 15 is 0 Å². The van der Waals surface area contributed by atoms with Gasteiger partial charge in [0.25, 0.3) is 0 Å². The molecule has 0 aliphatic heterocycles. The summed E-state index contributed by atoms with van der Waals surface area (Å²) in [5.41, 5.74) is 0.726. The predicted molar refractivity (Wildman–Crippen MR) is 62.2 cm³/mol. The van der Waals surface area contributed by atoms with Crippen molar-refractivity contribution in [2.75, 3.05) is 13.6 Å². The van der Waals surface area contributed by atoms with Crippen LogP contribution in [0.4, 0.5) is 0 Å². The molecule has 4 nitrogen and oxygen atoms in total. The molecule has 15 heavy (non-hydrogen) atoms. The van der Waals surface area contributed by atoms with E-state index < -0.39 is 0 Å². The fourth-order valence-corrected chi connectivity index (χ4v) is 2.15. The van der Waals surface area contributed by atoms with Crippen LogP contribution in [0.1, 0.15) is 5.82 Å². The Labute approximate surface area is 96.1 Å². The molecule has 0 fully saturated rings. The van der Waals surface area contributed by atoms with E-state index in [1.54, 1.807) is 12.1 Å². The first-order valence-electron chi connectivity index (χ1n) is 4.73. The molecule has 0 amide bonds. The lowest BCUT2D eigenvalue weighted by molar-refractivity contribution is 0.478. The average Bonchev–Trinajstić information content (AvgIpc) is 2.54. The van der Waals surface area contributed by atoms with Crippen molar-refractivity contribution in [2.45, 2.75) is 6.42 Å². The van der Waals surface area contributed by atoms with Gasteiger partial charge in [-0.15, -0.1) is 0 Å². The van der Waals surface area contributed by atoms with E-state index in [0.29, 0.717) is 4.60 Å². The Kier molecular flexibility index (Phi) is 2.93. The van der Waals surface area contributed by atoms with Crippen molar-refractivity contribution in [1.29, 1.82) is 0 Å². The zero-order chi connectivity index (χ0) is 10.8. The highest BCUT2D eigenvalue weighted by atomic mass is 79.9. The van der Waals surface area contributed by atoms with Crippen LogP contribution in [-0.2, 0) is 6.42 Å². The maximum atomic E-state index is 9.68. The number of nitrogens with one attached hydrogen (secondary N) is 1. The van der Waals surface area contributed by atoms with Crippen LogP contribution in [0, 0.1) is 0 Å². The molecule has 0 aliphatic rings. The van der Waals surface area contributed by atoms with E-state index in [1.165, 1.54) is 0 Å². The number of imidazole rings is 1. The van der Waals surface area contributed by atoms with Gasteiger partial charge in [-0.05, 0) is 35.1 Å². The second kappa shape index (κ2) is 4.20. The molecular formula is C10H12BrN3O. The highest BCUT2D eigenvalue weighted by Gasteiger charge is 2.11. The Morgan fingerprint density at radius 1 is 1.60 bits per heavy atom. The minimum absolute atomic E-state index is 0.243. The molecule has 2 N–H and O–H groups in total. The van der Waals surface area contributed by atoms with Gasteiger partial charge in [-0.1, -0.05) is 0 Å². The smallest absolute Gasteiger partial charge is 0.142 e. The van der Waals surface area contributed by atoms with Crippen molar-refractivity contribution in [2.24, 2.45) is 0 Å². The molecule has 0 atom stereocenters. The topological polar surface area (TPSA) is 49.6 Å². The molecule has 2 rings (SSSR count). The molecule has 0 saturated heterocycles. The van der Waals surface area contributed by atoms with Gasteiger partial charge in [0.15, 0.2) is 0 Å². The average molecular weight is 270 g/mol. The highest BCUT2D eigenvalue weighted by Crippen LogP contribution is 2.26. The molecule has 0 radical (unpaired) electrons. The number of rotatable bonds is 3. The number of fused-ring (bicyclic) bond motifs is 1. The molecule has 2 heterocycles. The third kappa shape index (κ3) is 1.85. The Balaban J connectivity index is 2.53. The molecule has 0 aliphatic carbocycles. The SMILES string of the molecule is CNCCc1nc(Br)c2c(O)cccn12. The number of hydrogen-bond acceptors (Lipinski definition) is 3. The molecular weight excluding hydrogens is 258 g/mol. The van der Waals surface area contributed by atoms with Crippen molar-refractivity contribution in [3.63, 3.8) is 0 Å². The van der Waals surface area contributed by atoms with Gasteiger partial charge in [0.2, 0.25) is 0 Å². The minimum atomic E-state index is 0.243. The summed E-state index contributed by atoms with van der Waals surface area (Å²) in [6.07, 6.45) is 2.73. The zero-order valence-corrected chi connectivity index (χ0v) is 9.95. The fraction of sp³-hybridized carbons (Fsp3) is 0.300. The first kappa shape index (κ1) is 10.4. The van der Waals surface area contributed by atoms with Crippen LogP contribution >= 0.6 is 15.9 Å². The van der Waals surface area contributed by atoms with Gasteiger partial charge in [0.1, 0.15) is 21.7 Å². The molecule has 80 valence electrons. The third-order valence-electron chi connectivity index (χ3n) is 2.27. The van der Waals surface area contributed by atoms with E-state index in [-0.39, 0.29) is 5.75 Å². The third-order valence-corrected chi connectivity index (χ3v) is 2.82. The molecule has 0 spiro atoms. The van der Waals surface area contributed by atoms with Crippen molar-refractivity contribution in [3.8, 4) is 5.75 Å². The van der Waals surface area contributed by atoms with Crippen LogP contribution in [0.5, 0.6) is 5.75 Å². The monoisotopic (exact) mass is 269 g/mol. The molecule has 0 bridgehead atoms. The summed E-state index contributed by atoms with van der Waals surface area (Å²) in [6, 6.07) is 3.46. The number of hydrogen-bond donors (Lipinski definition) is 2. The van der Waals surface area contributed by atoms with E-state index in [1.807, 2.05) is 17.6 Å². The van der Waals surface area contributed by atoms with Crippen LogP contribution in [0.25, 0.3) is 5.52 Å². The summed E-state index contributed by atoms with van der Waals surface area (Å²) in [5, 5.41) is 12.8. The summed E-state index contributed by atoms with van der Waals surface area (Å²) >= 11 is 3.35. The van der Waals surface area contributed by atoms with Gasteiger partial charge in [-0.25, -0.2) is 4.98 Å². The van der Waals surface area contributed by atoms with Gasteiger partial charge >= 0.3 is 0 Å². The van der Waals surface area contributed by atoms with Gasteiger partial charge in [0, 0.05) is 19.2 Å². The summed E-state index contributed by atoms with van der Waals surface area (Å²) in [5.74, 6) is 1.18. The Bertz CT molecular complexity index is 481. The first-order chi connectivity index (χ1) is 7.24. The Morgan fingerprint density at radius 2 is 2.40 bits per heavy atom. The van der Waals surface area contributed by atoms with E-state index in [0.717, 1.165) is 24.3 Å². The van der Waals surface area contributed by atoms with Crippen LogP contribution in [0.3, 0.4) is 0 Å². The lowest BCUT2D eigenvalue weighted by atomic mass is 10.3. The van der Waals surface area contributed by atoms with Gasteiger partial charge in [-0.3, -0.25) is 4.40 Å².